The van der Waals surface area contributed by atoms with Crippen molar-refractivity contribution in [3.05, 3.63) is 70.4 Å². The molecule has 3 aromatic rings. The smallest absolute Gasteiger partial charge is 0.255 e. The molecule has 2 aromatic heterocycles. The molecule has 2 atom stereocenters. The lowest BCUT2D eigenvalue weighted by Crippen LogP contribution is -2.49. The van der Waals surface area contributed by atoms with Crippen molar-refractivity contribution >= 4 is 5.95 Å². The summed E-state index contributed by atoms with van der Waals surface area (Å²) in [6.07, 6.45) is 6.25. The minimum atomic E-state index is -0.0966. The van der Waals surface area contributed by atoms with Gasteiger partial charge in [-0.15, -0.1) is 0 Å². The van der Waals surface area contributed by atoms with E-state index in [1.54, 1.807) is 23.9 Å². The second-order valence-corrected chi connectivity index (χ2v) is 7.58. The van der Waals surface area contributed by atoms with Gasteiger partial charge in [0.15, 0.2) is 0 Å². The van der Waals surface area contributed by atoms with E-state index < -0.39 is 0 Å². The highest BCUT2D eigenvalue weighted by atomic mass is 16.5. The summed E-state index contributed by atoms with van der Waals surface area (Å²) < 4.78 is 7.88. The summed E-state index contributed by atoms with van der Waals surface area (Å²) in [6.45, 7) is 1.31. The topological polar surface area (TPSA) is 73.1 Å². The van der Waals surface area contributed by atoms with Crippen molar-refractivity contribution in [3.8, 4) is 11.4 Å². The monoisotopic (exact) mass is 389 g/mol. The Bertz CT molecular complexity index is 1080. The maximum absolute atomic E-state index is 12.7. The summed E-state index contributed by atoms with van der Waals surface area (Å²) in [5.41, 5.74) is 3.74. The third-order valence-electron chi connectivity index (χ3n) is 5.90. The van der Waals surface area contributed by atoms with E-state index in [2.05, 4.69) is 39.1 Å². The van der Waals surface area contributed by atoms with Crippen LogP contribution in [0.2, 0.25) is 0 Å². The van der Waals surface area contributed by atoms with Crippen LogP contribution in [-0.4, -0.2) is 38.7 Å². The lowest BCUT2D eigenvalue weighted by molar-refractivity contribution is 0.00793. The Kier molecular flexibility index (Phi) is 4.60. The SMILES string of the molecule is Cn1c(N2CCO[C@H]3c4ccccc4CCC[C@H]32)nc(-c2ccncn2)cc1=O. The third kappa shape index (κ3) is 3.21. The molecule has 0 saturated carbocycles. The molecule has 148 valence electrons. The highest BCUT2D eigenvalue weighted by Gasteiger charge is 2.37. The van der Waals surface area contributed by atoms with E-state index in [0.717, 1.165) is 19.3 Å². The molecule has 5 rings (SSSR count). The molecule has 1 aromatic carbocycles. The molecule has 1 aliphatic carbocycles. The molecule has 7 nitrogen and oxygen atoms in total. The summed E-state index contributed by atoms with van der Waals surface area (Å²) in [4.78, 5) is 28.1. The lowest BCUT2D eigenvalue weighted by Gasteiger charge is -2.42. The van der Waals surface area contributed by atoms with E-state index in [1.807, 2.05) is 0 Å². The van der Waals surface area contributed by atoms with Crippen LogP contribution in [0, 0.1) is 0 Å². The highest BCUT2D eigenvalue weighted by molar-refractivity contribution is 5.55. The number of nitrogens with zero attached hydrogens (tertiary/aromatic N) is 5. The fourth-order valence-electron chi connectivity index (χ4n) is 4.47. The molecule has 1 fully saturated rings. The van der Waals surface area contributed by atoms with Crippen LogP contribution in [0.3, 0.4) is 0 Å². The van der Waals surface area contributed by atoms with E-state index in [4.69, 9.17) is 9.72 Å². The summed E-state index contributed by atoms with van der Waals surface area (Å²) in [5.74, 6) is 0.670. The largest absolute Gasteiger partial charge is 0.370 e. The van der Waals surface area contributed by atoms with Gasteiger partial charge in [-0.2, -0.15) is 0 Å². The molecular weight excluding hydrogens is 366 g/mol. The summed E-state index contributed by atoms with van der Waals surface area (Å²) in [5, 5.41) is 0. The number of hydrogen-bond donors (Lipinski definition) is 0. The van der Waals surface area contributed by atoms with Crippen LogP contribution in [-0.2, 0) is 18.2 Å². The normalized spacial score (nSPS) is 21.2. The van der Waals surface area contributed by atoms with Gasteiger partial charge in [-0.05, 0) is 36.5 Å². The van der Waals surface area contributed by atoms with Crippen molar-refractivity contribution in [3.63, 3.8) is 0 Å². The lowest BCUT2D eigenvalue weighted by atomic mass is 9.96. The van der Waals surface area contributed by atoms with Crippen LogP contribution >= 0.6 is 0 Å². The molecule has 0 spiro atoms. The second-order valence-electron chi connectivity index (χ2n) is 7.58. The zero-order valence-corrected chi connectivity index (χ0v) is 16.4. The van der Waals surface area contributed by atoms with Gasteiger partial charge in [0.05, 0.1) is 24.0 Å². The minimum Gasteiger partial charge on any atom is -0.370 e. The molecule has 0 unspecified atom stereocenters. The van der Waals surface area contributed by atoms with Gasteiger partial charge < -0.3 is 9.64 Å². The molecule has 1 aliphatic heterocycles. The molecule has 0 bridgehead atoms. The Morgan fingerprint density at radius 2 is 2.07 bits per heavy atom. The van der Waals surface area contributed by atoms with Crippen LogP contribution in [0.25, 0.3) is 11.4 Å². The molecule has 1 saturated heterocycles. The van der Waals surface area contributed by atoms with Crippen LogP contribution in [0.5, 0.6) is 0 Å². The molecule has 0 N–H and O–H groups in total. The van der Waals surface area contributed by atoms with Gasteiger partial charge in [0, 0.05) is 25.9 Å². The van der Waals surface area contributed by atoms with E-state index in [-0.39, 0.29) is 17.7 Å². The maximum Gasteiger partial charge on any atom is 0.255 e. The van der Waals surface area contributed by atoms with Crippen LogP contribution in [0.4, 0.5) is 5.95 Å². The molecule has 7 heteroatoms. The minimum absolute atomic E-state index is 0.0120. The summed E-state index contributed by atoms with van der Waals surface area (Å²) in [6, 6.07) is 12.0. The number of anilines is 1. The summed E-state index contributed by atoms with van der Waals surface area (Å²) >= 11 is 0. The van der Waals surface area contributed by atoms with E-state index in [9.17, 15) is 4.79 Å². The van der Waals surface area contributed by atoms with Crippen LogP contribution in [0.15, 0.2) is 53.7 Å². The van der Waals surface area contributed by atoms with Gasteiger partial charge in [-0.1, -0.05) is 24.3 Å². The van der Waals surface area contributed by atoms with Crippen molar-refractivity contribution < 1.29 is 4.74 Å². The number of fused-ring (bicyclic) bond motifs is 3. The number of aryl methyl sites for hydroxylation is 1. The Morgan fingerprint density at radius 3 is 2.93 bits per heavy atom. The first-order valence-corrected chi connectivity index (χ1v) is 10.0. The summed E-state index contributed by atoms with van der Waals surface area (Å²) in [7, 11) is 1.78. The van der Waals surface area contributed by atoms with Gasteiger partial charge in [0.25, 0.3) is 5.56 Å². The first-order chi connectivity index (χ1) is 14.2. The van der Waals surface area contributed by atoms with Crippen molar-refractivity contribution in [1.29, 1.82) is 0 Å². The molecule has 29 heavy (non-hydrogen) atoms. The predicted octanol–water partition coefficient (Wildman–Crippen LogP) is 2.52. The Balaban J connectivity index is 1.59. The first kappa shape index (κ1) is 18.0. The van der Waals surface area contributed by atoms with Crippen molar-refractivity contribution in [2.24, 2.45) is 7.05 Å². The molecular formula is C22H23N5O2. The quantitative estimate of drug-likeness (QED) is 0.671. The van der Waals surface area contributed by atoms with E-state index >= 15 is 0 Å². The van der Waals surface area contributed by atoms with Crippen molar-refractivity contribution in [1.82, 2.24) is 19.5 Å². The van der Waals surface area contributed by atoms with Gasteiger partial charge in [0.1, 0.15) is 12.4 Å². The van der Waals surface area contributed by atoms with Crippen LogP contribution in [0.1, 0.15) is 30.1 Å². The first-order valence-electron chi connectivity index (χ1n) is 10.0. The number of ether oxygens (including phenoxy) is 1. The number of rotatable bonds is 2. The number of aromatic nitrogens is 4. The fraction of sp³-hybridized carbons (Fsp3) is 0.364. The molecule has 3 heterocycles. The standard InChI is InChI=1S/C22H23N5O2/c1-26-20(28)13-18(17-9-10-23-14-24-17)25-22(26)27-11-12-29-21-16-7-3-2-5-15(16)6-4-8-19(21)27/h2-3,5,7,9-10,13-14,19,21H,4,6,8,11-12H2,1H3/t19-,21+/m1/s1. The number of morpholine rings is 1. The van der Waals surface area contributed by atoms with Crippen molar-refractivity contribution in [2.75, 3.05) is 18.1 Å². The highest BCUT2D eigenvalue weighted by Crippen LogP contribution is 2.38. The third-order valence-corrected chi connectivity index (χ3v) is 5.90. The number of benzene rings is 1. The van der Waals surface area contributed by atoms with Gasteiger partial charge in [-0.3, -0.25) is 9.36 Å². The van der Waals surface area contributed by atoms with Gasteiger partial charge in [0.2, 0.25) is 5.95 Å². The number of hydrogen-bond acceptors (Lipinski definition) is 6. The van der Waals surface area contributed by atoms with E-state index in [1.165, 1.54) is 23.5 Å². The average molecular weight is 389 g/mol. The Hall–Kier alpha value is -3.06. The zero-order chi connectivity index (χ0) is 19.8. The molecule has 2 aliphatic rings. The average Bonchev–Trinajstić information content (AvgIpc) is 2.96. The van der Waals surface area contributed by atoms with Crippen LogP contribution < -0.4 is 10.5 Å². The van der Waals surface area contributed by atoms with Gasteiger partial charge in [-0.25, -0.2) is 15.0 Å². The predicted molar refractivity (Wildman–Crippen MR) is 110 cm³/mol. The Labute approximate surface area is 169 Å². The zero-order valence-electron chi connectivity index (χ0n) is 16.4. The fourth-order valence-corrected chi connectivity index (χ4v) is 4.47. The Morgan fingerprint density at radius 1 is 1.17 bits per heavy atom. The van der Waals surface area contributed by atoms with Gasteiger partial charge >= 0.3 is 0 Å². The molecule has 0 radical (unpaired) electrons. The molecule has 0 amide bonds. The maximum atomic E-state index is 12.7. The van der Waals surface area contributed by atoms with E-state index in [0.29, 0.717) is 30.5 Å². The second kappa shape index (κ2) is 7.40. The van der Waals surface area contributed by atoms with Crippen molar-refractivity contribution in [2.45, 2.75) is 31.4 Å².